The van der Waals surface area contributed by atoms with Crippen molar-refractivity contribution in [2.75, 3.05) is 0 Å². The van der Waals surface area contributed by atoms with Crippen LogP contribution in [0.1, 0.15) is 23.7 Å². The van der Waals surface area contributed by atoms with E-state index >= 15 is 0 Å². The van der Waals surface area contributed by atoms with Gasteiger partial charge in [-0.15, -0.1) is 0 Å². The van der Waals surface area contributed by atoms with Crippen LogP contribution in [0.25, 0.3) is 66.7 Å². The highest BCUT2D eigenvalue weighted by Crippen LogP contribution is 2.37. The van der Waals surface area contributed by atoms with Crippen LogP contribution in [0.15, 0.2) is 170 Å². The molecule has 6 aromatic carbocycles. The minimum absolute atomic E-state index is 0.0693. The van der Waals surface area contributed by atoms with Gasteiger partial charge >= 0.3 is 0 Å². The number of nitrogens with zero attached hydrogens (tertiary/aromatic N) is 2. The van der Waals surface area contributed by atoms with Crippen molar-refractivity contribution in [3.63, 3.8) is 0 Å². The maximum Gasteiger partial charge on any atom is 0.237 e. The number of allylic oxidation sites excluding steroid dienone is 4. The summed E-state index contributed by atoms with van der Waals surface area (Å²) < 4.78 is 0. The molecule has 7 aromatic rings. The molecule has 1 aromatic heterocycles. The molecule has 3 N–H and O–H groups in total. The summed E-state index contributed by atoms with van der Waals surface area (Å²) in [7, 11) is 0. The van der Waals surface area contributed by atoms with E-state index in [0.717, 1.165) is 78.9 Å². The lowest BCUT2D eigenvalue weighted by Gasteiger charge is -2.17. The lowest BCUT2D eigenvalue weighted by atomic mass is 9.93. The zero-order chi connectivity index (χ0) is 33.9. The summed E-state index contributed by atoms with van der Waals surface area (Å²) >= 11 is 0. The molecule has 1 atom stereocenters. The van der Waals surface area contributed by atoms with E-state index in [1.165, 1.54) is 0 Å². The van der Waals surface area contributed by atoms with Gasteiger partial charge < -0.3 is 4.84 Å². The molecule has 0 spiro atoms. The smallest absolute Gasteiger partial charge is 0.237 e. The Morgan fingerprint density at radius 3 is 2.12 bits per heavy atom. The van der Waals surface area contributed by atoms with E-state index in [4.69, 9.17) is 26.1 Å². The maximum atomic E-state index is 8.06. The van der Waals surface area contributed by atoms with Gasteiger partial charge in [-0.2, -0.15) is 5.90 Å². The van der Waals surface area contributed by atoms with Crippen LogP contribution in [0, 0.1) is 5.41 Å². The van der Waals surface area contributed by atoms with E-state index < -0.39 is 0 Å². The lowest BCUT2D eigenvalue weighted by molar-refractivity contribution is 0.319. The van der Waals surface area contributed by atoms with Crippen molar-refractivity contribution in [1.82, 2.24) is 9.97 Å². The third-order valence-electron chi connectivity index (χ3n) is 9.27. The highest BCUT2D eigenvalue weighted by atomic mass is 16.6. The van der Waals surface area contributed by atoms with Gasteiger partial charge in [0, 0.05) is 22.6 Å². The van der Waals surface area contributed by atoms with Crippen molar-refractivity contribution in [3.05, 3.63) is 181 Å². The molecule has 5 heteroatoms. The number of fused-ring (bicyclic) bond motifs is 1. The van der Waals surface area contributed by atoms with Gasteiger partial charge in [0.25, 0.3) is 0 Å². The first kappa shape index (κ1) is 30.9. The van der Waals surface area contributed by atoms with E-state index in [-0.39, 0.29) is 11.8 Å². The first-order valence-corrected chi connectivity index (χ1v) is 16.7. The zero-order valence-corrected chi connectivity index (χ0v) is 27.3. The molecule has 1 aliphatic rings. The number of nitrogens with two attached hydrogens (primary N) is 1. The van der Waals surface area contributed by atoms with Gasteiger partial charge in [-0.05, 0) is 80.9 Å². The fourth-order valence-corrected chi connectivity index (χ4v) is 6.72. The van der Waals surface area contributed by atoms with Crippen LogP contribution in [0.2, 0.25) is 0 Å². The van der Waals surface area contributed by atoms with E-state index in [1.807, 2.05) is 30.3 Å². The standard InChI is InChI=1S/C45H34N4O/c46-44(50-47)37-20-10-18-35(27-37)39-23-11-16-31-24-25-34(28-41(31)39)33-17-9-19-36(26-33)42-29-43(49-45(48-42)32-14-5-2-6-15-32)40-22-8-7-21-38(40)30-12-3-1-4-13-30/h1-14,16-29,32,46H,15,47H2. The average molecular weight is 647 g/mol. The number of rotatable bonds is 7. The molecule has 240 valence electrons. The Hall–Kier alpha value is -6.43. The molecule has 0 saturated heterocycles. The molecule has 0 radical (unpaired) electrons. The van der Waals surface area contributed by atoms with Crippen LogP contribution >= 0.6 is 0 Å². The Morgan fingerprint density at radius 2 is 1.28 bits per heavy atom. The molecule has 0 saturated carbocycles. The summed E-state index contributed by atoms with van der Waals surface area (Å²) in [6, 6.07) is 50.3. The Labute approximate surface area is 291 Å². The van der Waals surface area contributed by atoms with Crippen LogP contribution in [0.5, 0.6) is 0 Å². The number of aromatic nitrogens is 2. The first-order valence-electron chi connectivity index (χ1n) is 16.7. The highest BCUT2D eigenvalue weighted by Gasteiger charge is 2.18. The molecule has 1 heterocycles. The van der Waals surface area contributed by atoms with Gasteiger partial charge in [0.15, 0.2) is 0 Å². The van der Waals surface area contributed by atoms with Crippen LogP contribution in [0.3, 0.4) is 0 Å². The molecule has 5 nitrogen and oxygen atoms in total. The summed E-state index contributed by atoms with van der Waals surface area (Å²) in [4.78, 5) is 15.1. The SMILES string of the molecule is N=C(ON)c1cccc(-c2cccc3ccc(-c4cccc(-c5cc(-c6ccccc6-c6ccccc6)nc(C6C=CC=CC6)n5)c4)cc23)c1. The summed E-state index contributed by atoms with van der Waals surface area (Å²) in [6.07, 6.45) is 9.40. The molecule has 1 aliphatic carbocycles. The van der Waals surface area contributed by atoms with E-state index in [1.54, 1.807) is 0 Å². The van der Waals surface area contributed by atoms with Crippen LogP contribution in [-0.4, -0.2) is 15.9 Å². The fourth-order valence-electron chi connectivity index (χ4n) is 6.72. The molecule has 0 amide bonds. The van der Waals surface area contributed by atoms with Gasteiger partial charge in [-0.1, -0.05) is 140 Å². The molecule has 0 aliphatic heterocycles. The van der Waals surface area contributed by atoms with Crippen molar-refractivity contribution in [1.29, 1.82) is 5.41 Å². The summed E-state index contributed by atoms with van der Waals surface area (Å²) in [6.45, 7) is 0. The minimum atomic E-state index is -0.0693. The summed E-state index contributed by atoms with van der Waals surface area (Å²) in [5.41, 5.74) is 11.1. The van der Waals surface area contributed by atoms with Gasteiger partial charge in [-0.25, -0.2) is 9.97 Å². The molecule has 0 bridgehead atoms. The lowest BCUT2D eigenvalue weighted by Crippen LogP contribution is -2.09. The summed E-state index contributed by atoms with van der Waals surface area (Å²) in [5, 5.41) is 10.3. The Balaban J connectivity index is 1.23. The van der Waals surface area contributed by atoms with Crippen molar-refractivity contribution >= 4 is 16.7 Å². The second-order valence-corrected chi connectivity index (χ2v) is 12.4. The summed E-state index contributed by atoms with van der Waals surface area (Å²) in [5.74, 6) is 6.15. The third kappa shape index (κ3) is 6.14. The van der Waals surface area contributed by atoms with Crippen molar-refractivity contribution < 1.29 is 4.84 Å². The monoisotopic (exact) mass is 646 g/mol. The largest absolute Gasteiger partial charge is 0.391 e. The molecular formula is C45H34N4O. The van der Waals surface area contributed by atoms with E-state index in [0.29, 0.717) is 5.56 Å². The zero-order valence-electron chi connectivity index (χ0n) is 27.3. The van der Waals surface area contributed by atoms with Gasteiger partial charge in [0.05, 0.1) is 11.4 Å². The van der Waals surface area contributed by atoms with Gasteiger partial charge in [0.1, 0.15) is 5.82 Å². The second kappa shape index (κ2) is 13.6. The third-order valence-corrected chi connectivity index (χ3v) is 9.27. The van der Waals surface area contributed by atoms with Crippen molar-refractivity contribution in [2.24, 2.45) is 5.90 Å². The Kier molecular flexibility index (Phi) is 8.39. The highest BCUT2D eigenvalue weighted by molar-refractivity contribution is 6.01. The second-order valence-electron chi connectivity index (χ2n) is 12.4. The molecular weight excluding hydrogens is 613 g/mol. The van der Waals surface area contributed by atoms with Crippen molar-refractivity contribution in [2.45, 2.75) is 12.3 Å². The van der Waals surface area contributed by atoms with E-state index in [9.17, 15) is 0 Å². The van der Waals surface area contributed by atoms with Gasteiger partial charge in [0.2, 0.25) is 5.90 Å². The molecule has 50 heavy (non-hydrogen) atoms. The molecule has 1 unspecified atom stereocenters. The topological polar surface area (TPSA) is 84.9 Å². The minimum Gasteiger partial charge on any atom is -0.391 e. The number of hydrogen-bond acceptors (Lipinski definition) is 5. The van der Waals surface area contributed by atoms with Crippen molar-refractivity contribution in [3.8, 4) is 55.9 Å². The first-order chi connectivity index (χ1) is 24.6. The number of nitrogens with one attached hydrogen (secondary N) is 1. The quantitative estimate of drug-likeness (QED) is 0.103. The normalized spacial score (nSPS) is 13.7. The Bertz CT molecular complexity index is 2430. The van der Waals surface area contributed by atoms with E-state index in [2.05, 4.69) is 140 Å². The van der Waals surface area contributed by atoms with Gasteiger partial charge in [-0.3, -0.25) is 5.41 Å². The molecule has 8 rings (SSSR count). The fraction of sp³-hybridized carbons (Fsp3) is 0.0444. The maximum absolute atomic E-state index is 8.06. The molecule has 0 fully saturated rings. The predicted molar refractivity (Wildman–Crippen MR) is 204 cm³/mol. The number of hydrogen-bond donors (Lipinski definition) is 2. The Morgan fingerprint density at radius 1 is 0.580 bits per heavy atom. The van der Waals surface area contributed by atoms with Crippen LogP contribution < -0.4 is 5.90 Å². The average Bonchev–Trinajstić information content (AvgIpc) is 3.20. The predicted octanol–water partition coefficient (Wildman–Crippen LogP) is 10.8. The van der Waals surface area contributed by atoms with Crippen LogP contribution in [-0.2, 0) is 4.84 Å². The van der Waals surface area contributed by atoms with Crippen LogP contribution in [0.4, 0.5) is 0 Å². The number of benzene rings is 6.